The normalized spacial score (nSPS) is 11.1. The molecule has 3 aromatic rings. The Kier molecular flexibility index (Phi) is 6.90. The number of hydrogen-bond acceptors (Lipinski definition) is 4. The quantitative estimate of drug-likeness (QED) is 0.477. The third kappa shape index (κ3) is 5.37. The van der Waals surface area contributed by atoms with Gasteiger partial charge in [-0.2, -0.15) is 0 Å². The summed E-state index contributed by atoms with van der Waals surface area (Å²) in [7, 11) is -4.02. The van der Waals surface area contributed by atoms with Crippen LogP contribution in [0.5, 0.6) is 5.75 Å². The molecule has 0 atom stereocenters. The molecule has 0 spiro atoms. The van der Waals surface area contributed by atoms with Crippen LogP contribution in [0.2, 0.25) is 5.02 Å². The van der Waals surface area contributed by atoms with Gasteiger partial charge in [0.1, 0.15) is 5.75 Å². The predicted octanol–water partition coefficient (Wildman–Crippen LogP) is 4.92. The predicted molar refractivity (Wildman–Crippen MR) is 114 cm³/mol. The van der Waals surface area contributed by atoms with Gasteiger partial charge < -0.3 is 4.74 Å². The molecule has 0 saturated heterocycles. The highest BCUT2D eigenvalue weighted by Crippen LogP contribution is 2.25. The maximum Gasteiger partial charge on any atom is 0.270 e. The molecule has 0 bridgehead atoms. The minimum Gasteiger partial charge on any atom is -0.494 e. The van der Waals surface area contributed by atoms with E-state index in [1.165, 1.54) is 12.1 Å². The Labute approximate surface area is 175 Å². The number of carbonyl (C=O) groups excluding carboxylic acids is 1. The van der Waals surface area contributed by atoms with Crippen LogP contribution in [0.3, 0.4) is 0 Å². The molecular weight excluding hydrogens is 410 g/mol. The summed E-state index contributed by atoms with van der Waals surface area (Å²) >= 11 is 5.84. The highest BCUT2D eigenvalue weighted by molar-refractivity contribution is 7.93. The summed E-state index contributed by atoms with van der Waals surface area (Å²) in [5.41, 5.74) is 0.306. The second kappa shape index (κ2) is 9.58. The largest absolute Gasteiger partial charge is 0.494 e. The topological polar surface area (TPSA) is 63.7 Å². The first-order chi connectivity index (χ1) is 14.0. The number of hydrogen-bond donors (Lipinski definition) is 0. The van der Waals surface area contributed by atoms with Crippen molar-refractivity contribution in [2.75, 3.05) is 10.9 Å². The number of sulfonamides is 1. The molecule has 5 nitrogen and oxygen atoms in total. The summed E-state index contributed by atoms with van der Waals surface area (Å²) in [6.45, 7) is 0.279. The summed E-state index contributed by atoms with van der Waals surface area (Å²) in [5, 5.41) is 0.608. The van der Waals surface area contributed by atoms with E-state index in [0.717, 1.165) is 4.31 Å². The van der Waals surface area contributed by atoms with Crippen molar-refractivity contribution in [3.8, 4) is 5.75 Å². The Morgan fingerprint density at radius 2 is 1.45 bits per heavy atom. The van der Waals surface area contributed by atoms with Crippen molar-refractivity contribution < 1.29 is 17.9 Å². The fourth-order valence-corrected chi connectivity index (χ4v) is 4.32. The van der Waals surface area contributed by atoms with Crippen LogP contribution in [-0.4, -0.2) is 20.9 Å². The van der Waals surface area contributed by atoms with Crippen molar-refractivity contribution in [3.05, 3.63) is 90.0 Å². The lowest BCUT2D eigenvalue weighted by Crippen LogP contribution is -2.37. The molecule has 0 aromatic heterocycles. The third-order valence-corrected chi connectivity index (χ3v) is 6.13. The molecule has 150 valence electrons. The highest BCUT2D eigenvalue weighted by atomic mass is 35.5. The Bertz CT molecular complexity index is 1040. The average Bonchev–Trinajstić information content (AvgIpc) is 2.74. The molecular formula is C22H20ClNO4S. The van der Waals surface area contributed by atoms with Crippen molar-refractivity contribution in [2.45, 2.75) is 17.7 Å². The van der Waals surface area contributed by atoms with Gasteiger partial charge in [0.05, 0.1) is 17.2 Å². The molecule has 0 aliphatic rings. The fourth-order valence-electron chi connectivity index (χ4n) is 2.72. The number of rotatable bonds is 8. The van der Waals surface area contributed by atoms with Gasteiger partial charge in [-0.05, 0) is 55.0 Å². The first-order valence-electron chi connectivity index (χ1n) is 9.05. The monoisotopic (exact) mass is 429 g/mol. The molecule has 0 heterocycles. The molecule has 7 heteroatoms. The molecule has 0 radical (unpaired) electrons. The fraction of sp³-hybridized carbons (Fsp3) is 0.136. The lowest BCUT2D eigenvalue weighted by atomic mass is 10.2. The number of anilines is 1. The summed E-state index contributed by atoms with van der Waals surface area (Å²) in [4.78, 5) is 13.0. The van der Waals surface area contributed by atoms with Crippen LogP contribution in [0, 0.1) is 0 Å². The maximum absolute atomic E-state index is 13.1. The van der Waals surface area contributed by atoms with E-state index >= 15 is 0 Å². The van der Waals surface area contributed by atoms with Crippen LogP contribution < -0.4 is 9.04 Å². The minimum absolute atomic E-state index is 0.0224. The molecule has 3 rings (SSSR count). The van der Waals surface area contributed by atoms with E-state index in [9.17, 15) is 13.2 Å². The van der Waals surface area contributed by atoms with Gasteiger partial charge >= 0.3 is 0 Å². The first kappa shape index (κ1) is 20.9. The molecule has 29 heavy (non-hydrogen) atoms. The minimum atomic E-state index is -4.02. The van der Waals surface area contributed by atoms with Crippen LogP contribution in [0.1, 0.15) is 12.8 Å². The van der Waals surface area contributed by atoms with Gasteiger partial charge in [0.15, 0.2) is 0 Å². The molecule has 0 aliphatic carbocycles. The first-order valence-corrected chi connectivity index (χ1v) is 10.9. The van der Waals surface area contributed by atoms with Gasteiger partial charge in [0.2, 0.25) is 5.91 Å². The van der Waals surface area contributed by atoms with Crippen LogP contribution in [0.4, 0.5) is 5.69 Å². The number of para-hydroxylation sites is 1. The highest BCUT2D eigenvalue weighted by Gasteiger charge is 2.30. The zero-order valence-corrected chi connectivity index (χ0v) is 17.1. The van der Waals surface area contributed by atoms with E-state index in [-0.39, 0.29) is 17.9 Å². The van der Waals surface area contributed by atoms with E-state index in [1.54, 1.807) is 72.8 Å². The number of benzene rings is 3. The number of amides is 1. The van der Waals surface area contributed by atoms with Gasteiger partial charge in [-0.1, -0.05) is 48.0 Å². The number of halogens is 1. The van der Waals surface area contributed by atoms with Crippen molar-refractivity contribution >= 4 is 33.2 Å². The van der Waals surface area contributed by atoms with E-state index in [0.29, 0.717) is 22.9 Å². The summed E-state index contributed by atoms with van der Waals surface area (Å²) in [6, 6.07) is 23.2. The SMILES string of the molecule is O=C(CCCOc1ccc(Cl)cc1)N(c1ccccc1)S(=O)(=O)c1ccccc1. The molecule has 0 saturated carbocycles. The van der Waals surface area contributed by atoms with Gasteiger partial charge in [-0.15, -0.1) is 0 Å². The van der Waals surface area contributed by atoms with Crippen molar-refractivity contribution in [3.63, 3.8) is 0 Å². The summed E-state index contributed by atoms with van der Waals surface area (Å²) < 4.78 is 32.7. The molecule has 0 N–H and O–H groups in total. The lowest BCUT2D eigenvalue weighted by molar-refractivity contribution is -0.117. The van der Waals surface area contributed by atoms with Gasteiger partial charge in [0.25, 0.3) is 10.0 Å². The lowest BCUT2D eigenvalue weighted by Gasteiger charge is -2.22. The summed E-state index contributed by atoms with van der Waals surface area (Å²) in [6.07, 6.45) is 0.393. The van der Waals surface area contributed by atoms with Crippen LogP contribution in [-0.2, 0) is 14.8 Å². The average molecular weight is 430 g/mol. The smallest absolute Gasteiger partial charge is 0.270 e. The van der Waals surface area contributed by atoms with Crippen molar-refractivity contribution in [1.82, 2.24) is 0 Å². The Morgan fingerprint density at radius 1 is 0.862 bits per heavy atom. The standard InChI is InChI=1S/C22H20ClNO4S/c23-18-13-15-20(16-14-18)28-17-7-12-22(25)24(19-8-3-1-4-9-19)29(26,27)21-10-5-2-6-11-21/h1-6,8-11,13-16H,7,12,17H2. The molecule has 0 unspecified atom stereocenters. The molecule has 0 aliphatic heterocycles. The zero-order valence-electron chi connectivity index (χ0n) is 15.6. The number of nitrogens with zero attached hydrogens (tertiary/aromatic N) is 1. The molecule has 3 aromatic carbocycles. The van der Waals surface area contributed by atoms with E-state index in [1.807, 2.05) is 0 Å². The van der Waals surface area contributed by atoms with E-state index < -0.39 is 15.9 Å². The summed E-state index contributed by atoms with van der Waals surface area (Å²) in [5.74, 6) is 0.124. The Balaban J connectivity index is 1.72. The van der Waals surface area contributed by atoms with Crippen molar-refractivity contribution in [1.29, 1.82) is 0 Å². The Hall–Kier alpha value is -2.83. The van der Waals surface area contributed by atoms with Gasteiger partial charge in [-0.3, -0.25) is 4.79 Å². The Morgan fingerprint density at radius 3 is 2.07 bits per heavy atom. The van der Waals surface area contributed by atoms with Crippen LogP contribution >= 0.6 is 11.6 Å². The third-order valence-electron chi connectivity index (χ3n) is 4.12. The van der Waals surface area contributed by atoms with Gasteiger partial charge in [-0.25, -0.2) is 12.7 Å². The van der Waals surface area contributed by atoms with Crippen LogP contribution in [0.15, 0.2) is 89.8 Å². The van der Waals surface area contributed by atoms with E-state index in [2.05, 4.69) is 0 Å². The number of ether oxygens (including phenoxy) is 1. The van der Waals surface area contributed by atoms with Gasteiger partial charge in [0, 0.05) is 11.4 Å². The second-order valence-corrected chi connectivity index (χ2v) is 8.44. The molecule has 0 fully saturated rings. The zero-order chi connectivity index (χ0) is 20.7. The number of carbonyl (C=O) groups is 1. The second-order valence-electron chi connectivity index (χ2n) is 6.22. The van der Waals surface area contributed by atoms with Crippen molar-refractivity contribution in [2.24, 2.45) is 0 Å². The van der Waals surface area contributed by atoms with E-state index in [4.69, 9.17) is 16.3 Å². The maximum atomic E-state index is 13.1. The van der Waals surface area contributed by atoms with Crippen LogP contribution in [0.25, 0.3) is 0 Å². The molecule has 1 amide bonds.